The molecule has 2 nitrogen and oxygen atoms in total. The second-order valence-corrected chi connectivity index (χ2v) is 5.35. The van der Waals surface area contributed by atoms with Crippen LogP contribution in [-0.4, -0.2) is 7.05 Å². The van der Waals surface area contributed by atoms with E-state index in [1.807, 2.05) is 51.2 Å². The molecule has 1 N–H and O–H groups in total. The van der Waals surface area contributed by atoms with E-state index >= 15 is 0 Å². The molecule has 1 heterocycles. The largest absolute Gasteiger partial charge is 0.456 e. The van der Waals surface area contributed by atoms with Gasteiger partial charge < -0.3 is 9.73 Å². The van der Waals surface area contributed by atoms with E-state index in [4.69, 9.17) is 4.42 Å². The van der Waals surface area contributed by atoms with Crippen molar-refractivity contribution >= 4 is 11.0 Å². The van der Waals surface area contributed by atoms with Crippen LogP contribution in [0.1, 0.15) is 24.1 Å². The lowest BCUT2D eigenvalue weighted by atomic mass is 9.99. The Hall–Kier alpha value is -2.13. The van der Waals surface area contributed by atoms with Crippen LogP contribution in [0.3, 0.4) is 0 Å². The smallest absolute Gasteiger partial charge is 0.137 e. The number of fused-ring (bicyclic) bond motifs is 1. The molecule has 0 fully saturated rings. The van der Waals surface area contributed by atoms with E-state index < -0.39 is 0 Å². The Balaban J connectivity index is 2.22. The topological polar surface area (TPSA) is 25.2 Å². The lowest BCUT2D eigenvalue weighted by molar-refractivity contribution is 0.604. The molecule has 0 spiro atoms. The minimum atomic E-state index is -0.255. The van der Waals surface area contributed by atoms with Crippen molar-refractivity contribution in [2.75, 3.05) is 7.05 Å². The highest BCUT2D eigenvalue weighted by Crippen LogP contribution is 2.34. The predicted octanol–water partition coefficient (Wildman–Crippen LogP) is 4.83. The summed E-state index contributed by atoms with van der Waals surface area (Å²) in [7, 11) is 1.89. The molecule has 0 bridgehead atoms. The van der Waals surface area contributed by atoms with Crippen LogP contribution in [0.25, 0.3) is 22.3 Å². The first kappa shape index (κ1) is 13.8. The molecule has 21 heavy (non-hydrogen) atoms. The van der Waals surface area contributed by atoms with Crippen molar-refractivity contribution in [3.05, 3.63) is 59.4 Å². The molecule has 0 amide bonds. The third-order valence-corrected chi connectivity index (χ3v) is 3.92. The number of nitrogens with one attached hydrogen (secondary N) is 1. The number of rotatable bonds is 3. The highest BCUT2D eigenvalue weighted by molar-refractivity contribution is 5.85. The lowest BCUT2D eigenvalue weighted by Gasteiger charge is -2.14. The van der Waals surface area contributed by atoms with Crippen LogP contribution in [0.4, 0.5) is 4.39 Å². The van der Waals surface area contributed by atoms with E-state index in [9.17, 15) is 4.39 Å². The molecule has 0 saturated heterocycles. The summed E-state index contributed by atoms with van der Waals surface area (Å²) in [4.78, 5) is 0. The Morgan fingerprint density at radius 1 is 1.14 bits per heavy atom. The van der Waals surface area contributed by atoms with Crippen LogP contribution in [0.15, 0.2) is 46.9 Å². The molecule has 1 unspecified atom stereocenters. The molecule has 3 aromatic rings. The number of hydrogen-bond acceptors (Lipinski definition) is 2. The second kappa shape index (κ2) is 5.34. The maximum Gasteiger partial charge on any atom is 0.137 e. The molecule has 0 radical (unpaired) electrons. The molecule has 2 aromatic carbocycles. The fourth-order valence-corrected chi connectivity index (χ4v) is 2.62. The van der Waals surface area contributed by atoms with Gasteiger partial charge in [0, 0.05) is 17.0 Å². The third-order valence-electron chi connectivity index (χ3n) is 3.92. The molecule has 0 aliphatic heterocycles. The summed E-state index contributed by atoms with van der Waals surface area (Å²) >= 11 is 0. The molecule has 0 aliphatic carbocycles. The van der Waals surface area contributed by atoms with Gasteiger partial charge in [0.05, 0.1) is 0 Å². The highest BCUT2D eigenvalue weighted by Gasteiger charge is 2.15. The van der Waals surface area contributed by atoms with Crippen molar-refractivity contribution < 1.29 is 8.81 Å². The Morgan fingerprint density at radius 3 is 2.67 bits per heavy atom. The average Bonchev–Trinajstić information content (AvgIpc) is 2.92. The molecule has 1 atom stereocenters. The van der Waals surface area contributed by atoms with Crippen molar-refractivity contribution in [2.24, 2.45) is 0 Å². The number of halogens is 1. The van der Waals surface area contributed by atoms with E-state index in [0.717, 1.165) is 27.7 Å². The highest BCUT2D eigenvalue weighted by atomic mass is 19.1. The van der Waals surface area contributed by atoms with Crippen LogP contribution in [0, 0.1) is 12.7 Å². The fourth-order valence-electron chi connectivity index (χ4n) is 2.62. The number of benzene rings is 2. The average molecular weight is 283 g/mol. The van der Waals surface area contributed by atoms with Crippen molar-refractivity contribution in [1.29, 1.82) is 0 Å². The van der Waals surface area contributed by atoms with E-state index in [1.54, 1.807) is 0 Å². The minimum Gasteiger partial charge on any atom is -0.456 e. The van der Waals surface area contributed by atoms with Gasteiger partial charge in [0.2, 0.25) is 0 Å². The van der Waals surface area contributed by atoms with Crippen LogP contribution in [-0.2, 0) is 0 Å². The fraction of sp³-hybridized carbons (Fsp3) is 0.222. The maximum absolute atomic E-state index is 13.7. The van der Waals surface area contributed by atoms with Crippen LogP contribution >= 0.6 is 0 Å². The second-order valence-electron chi connectivity index (χ2n) is 5.35. The van der Waals surface area contributed by atoms with Gasteiger partial charge in [-0.2, -0.15) is 0 Å². The van der Waals surface area contributed by atoms with Crippen molar-refractivity contribution in [3.8, 4) is 11.3 Å². The zero-order chi connectivity index (χ0) is 15.0. The molecule has 3 heteroatoms. The van der Waals surface area contributed by atoms with E-state index in [2.05, 4.69) is 5.32 Å². The number of furan rings is 1. The van der Waals surface area contributed by atoms with Crippen molar-refractivity contribution in [1.82, 2.24) is 5.32 Å². The van der Waals surface area contributed by atoms with Gasteiger partial charge in [0.15, 0.2) is 0 Å². The monoisotopic (exact) mass is 283 g/mol. The number of hydrogen-bond donors (Lipinski definition) is 1. The summed E-state index contributed by atoms with van der Waals surface area (Å²) in [6.07, 6.45) is 0. The first-order chi connectivity index (χ1) is 10.1. The van der Waals surface area contributed by atoms with Gasteiger partial charge in [0.25, 0.3) is 0 Å². The van der Waals surface area contributed by atoms with Crippen LogP contribution in [0.2, 0.25) is 0 Å². The molecule has 108 valence electrons. The number of aryl methyl sites for hydroxylation is 1. The predicted molar refractivity (Wildman–Crippen MR) is 83.8 cm³/mol. The maximum atomic E-state index is 13.7. The van der Waals surface area contributed by atoms with Gasteiger partial charge in [-0.3, -0.25) is 0 Å². The first-order valence-corrected chi connectivity index (χ1v) is 7.06. The Kier molecular flexibility index (Phi) is 3.52. The summed E-state index contributed by atoms with van der Waals surface area (Å²) in [5.74, 6) is 0.449. The summed E-state index contributed by atoms with van der Waals surface area (Å²) in [5.41, 5.74) is 3.77. The standard InChI is InChI=1S/C18H18FNO/c1-11-5-4-6-13-9-17(21-18(11)13)16-10-14(19)7-8-15(16)12(2)20-3/h4-10,12,20H,1-3H3. The summed E-state index contributed by atoms with van der Waals surface area (Å²) in [5, 5.41) is 4.23. The van der Waals surface area contributed by atoms with Gasteiger partial charge in [-0.15, -0.1) is 0 Å². The molecule has 3 rings (SSSR count). The molecule has 1 aromatic heterocycles. The van der Waals surface area contributed by atoms with Crippen LogP contribution in [0.5, 0.6) is 0 Å². The molecular weight excluding hydrogens is 265 g/mol. The van der Waals surface area contributed by atoms with E-state index in [1.165, 1.54) is 12.1 Å². The van der Waals surface area contributed by atoms with Gasteiger partial charge in [-0.25, -0.2) is 4.39 Å². The van der Waals surface area contributed by atoms with E-state index in [0.29, 0.717) is 5.76 Å². The quantitative estimate of drug-likeness (QED) is 0.745. The van der Waals surface area contributed by atoms with Crippen molar-refractivity contribution in [3.63, 3.8) is 0 Å². The zero-order valence-corrected chi connectivity index (χ0v) is 12.4. The lowest BCUT2D eigenvalue weighted by Crippen LogP contribution is -2.13. The molecule has 0 aliphatic rings. The van der Waals surface area contributed by atoms with Gasteiger partial charge in [-0.1, -0.05) is 24.3 Å². The van der Waals surface area contributed by atoms with Crippen LogP contribution < -0.4 is 5.32 Å². The zero-order valence-electron chi connectivity index (χ0n) is 12.4. The minimum absolute atomic E-state index is 0.120. The summed E-state index contributed by atoms with van der Waals surface area (Å²) in [6, 6.07) is 13.0. The summed E-state index contributed by atoms with van der Waals surface area (Å²) in [6.45, 7) is 4.06. The molecule has 0 saturated carbocycles. The number of para-hydroxylation sites is 1. The van der Waals surface area contributed by atoms with E-state index in [-0.39, 0.29) is 11.9 Å². The SMILES string of the molecule is CNC(C)c1ccc(F)cc1-c1cc2cccc(C)c2o1. The molecular formula is C18H18FNO. The summed E-state index contributed by atoms with van der Waals surface area (Å²) < 4.78 is 19.7. The Bertz CT molecular complexity index is 791. The van der Waals surface area contributed by atoms with Gasteiger partial charge in [0.1, 0.15) is 17.2 Å². The van der Waals surface area contributed by atoms with Gasteiger partial charge >= 0.3 is 0 Å². The Morgan fingerprint density at radius 2 is 1.95 bits per heavy atom. The first-order valence-electron chi connectivity index (χ1n) is 7.06. The van der Waals surface area contributed by atoms with Gasteiger partial charge in [-0.05, 0) is 50.2 Å². The Labute approximate surface area is 123 Å². The normalized spacial score (nSPS) is 12.8. The third kappa shape index (κ3) is 2.45. The van der Waals surface area contributed by atoms with Crippen molar-refractivity contribution in [2.45, 2.75) is 19.9 Å².